The van der Waals surface area contributed by atoms with Gasteiger partial charge in [-0.3, -0.25) is 0 Å². The summed E-state index contributed by atoms with van der Waals surface area (Å²) in [7, 11) is -3.07. The van der Waals surface area contributed by atoms with Gasteiger partial charge in [-0.25, -0.2) is 8.42 Å². The minimum atomic E-state index is -3.07. The Balaban J connectivity index is 2.46. The van der Waals surface area contributed by atoms with Crippen LogP contribution in [0.3, 0.4) is 0 Å². The molecule has 0 atom stereocenters. The fraction of sp³-hybridized carbons (Fsp3) is 0.0909. The molecule has 1 aromatic heterocycles. The second-order valence-corrected chi connectivity index (χ2v) is 6.58. The highest BCUT2D eigenvalue weighted by Gasteiger charge is 2.10. The summed E-state index contributed by atoms with van der Waals surface area (Å²) < 4.78 is 23.0. The van der Waals surface area contributed by atoms with Crippen LogP contribution < -0.4 is 0 Å². The lowest BCUT2D eigenvalue weighted by Crippen LogP contribution is -1.91. The molecule has 0 radical (unpaired) electrons. The van der Waals surface area contributed by atoms with Crippen LogP contribution in [0.2, 0.25) is 0 Å². The van der Waals surface area contributed by atoms with Gasteiger partial charge in [0.2, 0.25) is 0 Å². The van der Waals surface area contributed by atoms with E-state index in [-0.39, 0.29) is 0 Å². The number of benzene rings is 1. The van der Waals surface area contributed by atoms with Gasteiger partial charge in [-0.15, -0.1) is 11.3 Å². The summed E-state index contributed by atoms with van der Waals surface area (Å²) in [6.07, 6.45) is 1.23. The third-order valence-corrected chi connectivity index (χ3v) is 4.96. The summed E-state index contributed by atoms with van der Waals surface area (Å²) in [5.74, 6) is 0. The smallest absolute Gasteiger partial charge is 0.184 e. The Hall–Kier alpha value is -1.13. The maximum Gasteiger partial charge on any atom is 0.184 e. The van der Waals surface area contributed by atoms with Crippen molar-refractivity contribution in [1.82, 2.24) is 0 Å². The second kappa shape index (κ2) is 3.79. The Kier molecular flexibility index (Phi) is 2.63. The Morgan fingerprint density at radius 2 is 1.67 bits per heavy atom. The molecule has 1 heterocycles. The first-order chi connectivity index (χ1) is 7.07. The summed E-state index contributed by atoms with van der Waals surface area (Å²) >= 11 is 1.30. The van der Waals surface area contributed by atoms with Gasteiger partial charge in [0.25, 0.3) is 0 Å². The van der Waals surface area contributed by atoms with E-state index in [4.69, 9.17) is 0 Å². The molecule has 0 bridgehead atoms. The zero-order chi connectivity index (χ0) is 10.9. The van der Waals surface area contributed by atoms with Gasteiger partial charge in [-0.05, 0) is 17.7 Å². The summed E-state index contributed by atoms with van der Waals surface area (Å²) in [4.78, 5) is 0.982. The Labute approximate surface area is 93.1 Å². The fourth-order valence-corrected chi connectivity index (χ4v) is 3.21. The molecule has 0 saturated heterocycles. The highest BCUT2D eigenvalue weighted by molar-refractivity contribution is 7.92. The van der Waals surface area contributed by atoms with E-state index < -0.39 is 9.84 Å². The molecule has 2 rings (SSSR count). The van der Waals surface area contributed by atoms with Gasteiger partial charge in [-0.1, -0.05) is 30.3 Å². The van der Waals surface area contributed by atoms with Gasteiger partial charge in [-0.2, -0.15) is 0 Å². The van der Waals surface area contributed by atoms with Crippen LogP contribution >= 0.6 is 11.3 Å². The SMILES string of the molecule is CS(=O)(=O)c1ccc(-c2ccccc2)s1. The van der Waals surface area contributed by atoms with Gasteiger partial charge in [0.1, 0.15) is 4.21 Å². The van der Waals surface area contributed by atoms with Crippen molar-refractivity contribution in [3.8, 4) is 10.4 Å². The van der Waals surface area contributed by atoms with E-state index in [2.05, 4.69) is 0 Å². The van der Waals surface area contributed by atoms with Crippen molar-refractivity contribution >= 4 is 21.2 Å². The van der Waals surface area contributed by atoms with Crippen LogP contribution in [0.1, 0.15) is 0 Å². The lowest BCUT2D eigenvalue weighted by molar-refractivity contribution is 0.604. The largest absolute Gasteiger partial charge is 0.223 e. The second-order valence-electron chi connectivity index (χ2n) is 3.26. The molecule has 0 N–H and O–H groups in total. The van der Waals surface area contributed by atoms with Crippen molar-refractivity contribution in [3.05, 3.63) is 42.5 Å². The predicted octanol–water partition coefficient (Wildman–Crippen LogP) is 2.82. The molecule has 0 fully saturated rings. The van der Waals surface area contributed by atoms with E-state index in [1.807, 2.05) is 36.4 Å². The van der Waals surface area contributed by atoms with Crippen molar-refractivity contribution in [1.29, 1.82) is 0 Å². The molecule has 0 amide bonds. The average molecular weight is 238 g/mol. The minimum absolute atomic E-state index is 0.418. The third-order valence-electron chi connectivity index (χ3n) is 2.01. The number of hydrogen-bond acceptors (Lipinski definition) is 3. The first-order valence-corrected chi connectivity index (χ1v) is 7.13. The topological polar surface area (TPSA) is 34.1 Å². The highest BCUT2D eigenvalue weighted by atomic mass is 32.2. The monoisotopic (exact) mass is 238 g/mol. The highest BCUT2D eigenvalue weighted by Crippen LogP contribution is 2.30. The fourth-order valence-electron chi connectivity index (χ4n) is 1.28. The van der Waals surface area contributed by atoms with Crippen LogP contribution in [0.5, 0.6) is 0 Å². The predicted molar refractivity (Wildman–Crippen MR) is 62.9 cm³/mol. The van der Waals surface area contributed by atoms with Crippen molar-refractivity contribution < 1.29 is 8.42 Å². The Morgan fingerprint density at radius 3 is 2.20 bits per heavy atom. The quantitative estimate of drug-likeness (QED) is 0.806. The van der Waals surface area contributed by atoms with E-state index in [0.717, 1.165) is 10.4 Å². The average Bonchev–Trinajstić information content (AvgIpc) is 2.67. The van der Waals surface area contributed by atoms with Crippen molar-refractivity contribution in [2.24, 2.45) is 0 Å². The molecule has 0 aliphatic heterocycles. The first kappa shape index (κ1) is 10.4. The van der Waals surface area contributed by atoms with E-state index >= 15 is 0 Å². The van der Waals surface area contributed by atoms with E-state index in [0.29, 0.717) is 4.21 Å². The van der Waals surface area contributed by atoms with Crippen LogP contribution in [-0.4, -0.2) is 14.7 Å². The normalized spacial score (nSPS) is 11.5. The van der Waals surface area contributed by atoms with Gasteiger partial charge in [0, 0.05) is 11.1 Å². The van der Waals surface area contributed by atoms with Gasteiger partial charge in [0.15, 0.2) is 9.84 Å². The maximum atomic E-state index is 11.3. The molecule has 2 aromatic rings. The van der Waals surface area contributed by atoms with Crippen LogP contribution in [0.4, 0.5) is 0 Å². The molecular formula is C11H10O2S2. The zero-order valence-electron chi connectivity index (χ0n) is 8.17. The Morgan fingerprint density at radius 1 is 1.00 bits per heavy atom. The summed E-state index contributed by atoms with van der Waals surface area (Å²) in [5.41, 5.74) is 1.05. The van der Waals surface area contributed by atoms with Gasteiger partial charge < -0.3 is 0 Å². The molecule has 1 aromatic carbocycles. The summed E-state index contributed by atoms with van der Waals surface area (Å²) in [6.45, 7) is 0. The maximum absolute atomic E-state index is 11.3. The van der Waals surface area contributed by atoms with Crippen LogP contribution in [-0.2, 0) is 9.84 Å². The summed E-state index contributed by atoms with van der Waals surface area (Å²) in [6, 6.07) is 13.3. The van der Waals surface area contributed by atoms with E-state index in [1.54, 1.807) is 6.07 Å². The number of hydrogen-bond donors (Lipinski definition) is 0. The van der Waals surface area contributed by atoms with Gasteiger partial charge >= 0.3 is 0 Å². The van der Waals surface area contributed by atoms with Crippen molar-refractivity contribution in [3.63, 3.8) is 0 Å². The van der Waals surface area contributed by atoms with Crippen LogP contribution in [0.25, 0.3) is 10.4 Å². The molecule has 15 heavy (non-hydrogen) atoms. The number of sulfone groups is 1. The molecule has 0 aliphatic carbocycles. The Bertz CT molecular complexity index is 553. The van der Waals surface area contributed by atoms with Crippen LogP contribution in [0, 0.1) is 0 Å². The van der Waals surface area contributed by atoms with Crippen LogP contribution in [0.15, 0.2) is 46.7 Å². The van der Waals surface area contributed by atoms with E-state index in [9.17, 15) is 8.42 Å². The lowest BCUT2D eigenvalue weighted by Gasteiger charge is -1.94. The molecule has 4 heteroatoms. The lowest BCUT2D eigenvalue weighted by atomic mass is 10.2. The van der Waals surface area contributed by atoms with Crippen molar-refractivity contribution in [2.75, 3.05) is 6.26 Å². The third kappa shape index (κ3) is 2.27. The summed E-state index contributed by atoms with van der Waals surface area (Å²) in [5, 5.41) is 0. The molecule has 0 saturated carbocycles. The van der Waals surface area contributed by atoms with Crippen molar-refractivity contribution in [2.45, 2.75) is 4.21 Å². The number of rotatable bonds is 2. The zero-order valence-corrected chi connectivity index (χ0v) is 9.81. The molecule has 2 nitrogen and oxygen atoms in total. The standard InChI is InChI=1S/C11H10O2S2/c1-15(12,13)11-8-7-10(14-11)9-5-3-2-4-6-9/h2-8H,1H3. The van der Waals surface area contributed by atoms with E-state index in [1.165, 1.54) is 17.6 Å². The molecule has 0 unspecified atom stereocenters. The molecular weight excluding hydrogens is 228 g/mol. The minimum Gasteiger partial charge on any atom is -0.223 e. The van der Waals surface area contributed by atoms with Gasteiger partial charge in [0.05, 0.1) is 0 Å². The first-order valence-electron chi connectivity index (χ1n) is 4.43. The molecule has 0 aliphatic rings. The molecule has 78 valence electrons. The number of thiophene rings is 1. The molecule has 0 spiro atoms.